The molecule has 3 aliphatic carbocycles. The molecule has 10 heteroatoms. The second kappa shape index (κ2) is 19.8. The summed E-state index contributed by atoms with van der Waals surface area (Å²) < 4.78 is 31.2. The average molecular weight is 591 g/mol. The van der Waals surface area contributed by atoms with Crippen LogP contribution in [0.1, 0.15) is 105 Å². The molecule has 3 rings (SSSR count). The highest BCUT2D eigenvalue weighted by Crippen LogP contribution is 2.47. The second-order valence-electron chi connectivity index (χ2n) is 11.5. The molecular weight excluding hydrogens is 535 g/mol. The first-order chi connectivity index (χ1) is 19.0. The molecule has 0 saturated heterocycles. The minimum absolute atomic E-state index is 0.0180. The van der Waals surface area contributed by atoms with E-state index < -0.39 is 7.60 Å². The highest BCUT2D eigenvalue weighted by Gasteiger charge is 2.32. The van der Waals surface area contributed by atoms with E-state index in [9.17, 15) is 24.1 Å². The molecule has 0 atom stereocenters. The van der Waals surface area contributed by atoms with Gasteiger partial charge in [0, 0.05) is 20.1 Å². The smallest absolute Gasteiger partial charge is 0.337 e. The van der Waals surface area contributed by atoms with Gasteiger partial charge >= 0.3 is 19.5 Å². The Morgan fingerprint density at radius 1 is 0.650 bits per heavy atom. The Labute approximate surface area is 242 Å². The Kier molecular flexibility index (Phi) is 18.2. The first-order valence-electron chi connectivity index (χ1n) is 15.2. The Hall–Kier alpha value is -1.28. The molecule has 3 fully saturated rings. The molecule has 234 valence electrons. The van der Waals surface area contributed by atoms with E-state index in [0.717, 1.165) is 70.1 Å². The van der Waals surface area contributed by atoms with Crippen molar-refractivity contribution in [1.82, 2.24) is 0 Å². The van der Waals surface area contributed by atoms with Gasteiger partial charge in [0.25, 0.3) is 0 Å². The van der Waals surface area contributed by atoms with Gasteiger partial charge in [-0.3, -0.25) is 18.9 Å². The summed E-state index contributed by atoms with van der Waals surface area (Å²) in [5.41, 5.74) is 0. The number of aliphatic hydroxyl groups excluding tert-OH is 1. The number of ketones is 1. The van der Waals surface area contributed by atoms with Crippen LogP contribution in [0.3, 0.4) is 0 Å². The fraction of sp³-hybridized carbons (Fsp3) is 0.900. The fourth-order valence-corrected chi connectivity index (χ4v) is 6.48. The van der Waals surface area contributed by atoms with Crippen molar-refractivity contribution in [2.75, 3.05) is 33.6 Å². The molecule has 0 aromatic carbocycles. The molecule has 0 aromatic heterocycles. The molecule has 0 heterocycles. The summed E-state index contributed by atoms with van der Waals surface area (Å²) in [4.78, 5) is 34.4. The molecule has 3 aliphatic rings. The van der Waals surface area contributed by atoms with Crippen molar-refractivity contribution in [1.29, 1.82) is 0 Å². The number of esters is 2. The van der Waals surface area contributed by atoms with Crippen molar-refractivity contribution in [3.63, 3.8) is 0 Å². The van der Waals surface area contributed by atoms with Crippen LogP contribution >= 0.6 is 7.60 Å². The molecule has 0 spiro atoms. The van der Waals surface area contributed by atoms with E-state index in [2.05, 4.69) is 13.8 Å². The molecule has 9 nitrogen and oxygen atoms in total. The average Bonchev–Trinajstić information content (AvgIpc) is 2.95. The maximum Gasteiger partial charge on any atom is 0.337 e. The molecule has 0 bridgehead atoms. The molecule has 0 aromatic rings. The normalized spacial score (nSPS) is 28.6. The maximum atomic E-state index is 11.9. The predicted octanol–water partition coefficient (Wildman–Crippen LogP) is 6.34. The lowest BCUT2D eigenvalue weighted by molar-refractivity contribution is -0.150. The van der Waals surface area contributed by atoms with E-state index in [0.29, 0.717) is 19.1 Å². The van der Waals surface area contributed by atoms with E-state index in [-0.39, 0.29) is 47.7 Å². The predicted molar refractivity (Wildman–Crippen MR) is 155 cm³/mol. The van der Waals surface area contributed by atoms with E-state index >= 15 is 0 Å². The SMILES string of the molecule is CCOC(=O)C1CCC(C)CC1.CCOC(=O)C1CCC(O)CC1.COP(=O)(CC(=O)C1CCC(C)CC1)OC. The van der Waals surface area contributed by atoms with Crippen molar-refractivity contribution in [3.8, 4) is 0 Å². The molecule has 0 aliphatic heterocycles. The molecule has 0 amide bonds. The first kappa shape index (κ1) is 36.7. The lowest BCUT2D eigenvalue weighted by Crippen LogP contribution is -2.25. The van der Waals surface area contributed by atoms with Crippen LogP contribution in [0.15, 0.2) is 0 Å². The summed E-state index contributed by atoms with van der Waals surface area (Å²) in [5, 5.41) is 9.19. The lowest BCUT2D eigenvalue weighted by Gasteiger charge is -2.25. The summed E-state index contributed by atoms with van der Waals surface area (Å²) in [7, 11) is -0.529. The van der Waals surface area contributed by atoms with Gasteiger partial charge in [-0.15, -0.1) is 0 Å². The summed E-state index contributed by atoms with van der Waals surface area (Å²) >= 11 is 0. The number of rotatable bonds is 9. The topological polar surface area (TPSA) is 125 Å². The fourth-order valence-electron chi connectivity index (χ4n) is 5.43. The largest absolute Gasteiger partial charge is 0.466 e. The third-order valence-corrected chi connectivity index (χ3v) is 10.1. The number of hydrogen-bond acceptors (Lipinski definition) is 9. The number of ether oxygens (including phenoxy) is 2. The van der Waals surface area contributed by atoms with Gasteiger partial charge in [-0.2, -0.15) is 0 Å². The van der Waals surface area contributed by atoms with Gasteiger partial charge in [-0.1, -0.05) is 26.7 Å². The quantitative estimate of drug-likeness (QED) is 0.242. The molecule has 1 N–H and O–H groups in total. The highest BCUT2D eigenvalue weighted by atomic mass is 31.2. The molecule has 0 unspecified atom stereocenters. The van der Waals surface area contributed by atoms with Crippen LogP contribution in [-0.2, 0) is 37.5 Å². The summed E-state index contributed by atoms with van der Waals surface area (Å²) in [6.45, 7) is 9.11. The van der Waals surface area contributed by atoms with Crippen molar-refractivity contribution < 1.29 is 42.6 Å². The van der Waals surface area contributed by atoms with Crippen LogP contribution in [0, 0.1) is 29.6 Å². The van der Waals surface area contributed by atoms with Crippen molar-refractivity contribution in [2.24, 2.45) is 29.6 Å². The van der Waals surface area contributed by atoms with Gasteiger partial charge in [0.15, 0.2) is 0 Å². The van der Waals surface area contributed by atoms with Crippen LogP contribution in [0.25, 0.3) is 0 Å². The molecule has 40 heavy (non-hydrogen) atoms. The third kappa shape index (κ3) is 14.1. The van der Waals surface area contributed by atoms with E-state index in [1.165, 1.54) is 27.1 Å². The van der Waals surface area contributed by atoms with E-state index in [4.69, 9.17) is 18.5 Å². The van der Waals surface area contributed by atoms with Crippen LogP contribution < -0.4 is 0 Å². The third-order valence-electron chi connectivity index (χ3n) is 8.33. The van der Waals surface area contributed by atoms with Crippen molar-refractivity contribution in [3.05, 3.63) is 0 Å². The number of Topliss-reactive ketones (excluding diaryl/α,β-unsaturated/α-hetero) is 1. The summed E-state index contributed by atoms with van der Waals surface area (Å²) in [6.07, 6.45) is 11.2. The van der Waals surface area contributed by atoms with Gasteiger partial charge in [-0.05, 0) is 89.9 Å². The van der Waals surface area contributed by atoms with Gasteiger partial charge in [0.2, 0.25) is 0 Å². The zero-order valence-electron chi connectivity index (χ0n) is 25.7. The van der Waals surface area contributed by atoms with Gasteiger partial charge in [0.05, 0.1) is 31.2 Å². The Morgan fingerprint density at radius 3 is 1.35 bits per heavy atom. The number of carbonyl (C=O) groups excluding carboxylic acids is 3. The van der Waals surface area contributed by atoms with E-state index in [1.807, 2.05) is 13.8 Å². The van der Waals surface area contributed by atoms with Crippen LogP contribution in [0.4, 0.5) is 0 Å². The zero-order valence-corrected chi connectivity index (χ0v) is 26.6. The van der Waals surface area contributed by atoms with Gasteiger partial charge in [-0.25, -0.2) is 0 Å². The zero-order chi connectivity index (χ0) is 30.1. The number of hydrogen-bond donors (Lipinski definition) is 1. The Bertz CT molecular complexity index is 734. The van der Waals surface area contributed by atoms with Crippen molar-refractivity contribution in [2.45, 2.75) is 111 Å². The molecular formula is C30H55O9P. The minimum atomic E-state index is -3.17. The maximum absolute atomic E-state index is 11.9. The Balaban J connectivity index is 0.000000305. The van der Waals surface area contributed by atoms with Crippen molar-refractivity contribution >= 4 is 25.3 Å². The standard InChI is InChI=1S/C11H21O4P.C10H18O2.C9H16O3/c1-9-4-6-10(7-5-9)11(12)8-16(13,14-2)15-3;1-3-12-10(11)9-6-4-8(2)5-7-9;1-2-12-9(11)7-3-5-8(10)6-4-7/h9-10H,4-8H2,1-3H3;8-9H,3-7H2,1-2H3;7-8,10H,2-6H2,1H3. The molecule has 3 saturated carbocycles. The minimum Gasteiger partial charge on any atom is -0.466 e. The highest BCUT2D eigenvalue weighted by molar-refractivity contribution is 7.54. The summed E-state index contributed by atoms with van der Waals surface area (Å²) in [6, 6.07) is 0. The number of aliphatic hydroxyl groups is 1. The number of carbonyl (C=O) groups is 3. The van der Waals surface area contributed by atoms with Crippen LogP contribution in [0.5, 0.6) is 0 Å². The lowest BCUT2D eigenvalue weighted by atomic mass is 9.81. The van der Waals surface area contributed by atoms with Gasteiger partial charge in [0.1, 0.15) is 11.9 Å². The second-order valence-corrected chi connectivity index (χ2v) is 13.8. The van der Waals surface area contributed by atoms with E-state index in [1.54, 1.807) is 0 Å². The Morgan fingerprint density at radius 2 is 1.00 bits per heavy atom. The van der Waals surface area contributed by atoms with Crippen LogP contribution in [-0.4, -0.2) is 62.5 Å². The first-order valence-corrected chi connectivity index (χ1v) is 17.0. The van der Waals surface area contributed by atoms with Crippen LogP contribution in [0.2, 0.25) is 0 Å². The monoisotopic (exact) mass is 590 g/mol. The molecule has 0 radical (unpaired) electrons. The van der Waals surface area contributed by atoms with Gasteiger partial charge < -0.3 is 23.6 Å². The summed E-state index contributed by atoms with van der Waals surface area (Å²) in [5.74, 6) is 1.74.